The summed E-state index contributed by atoms with van der Waals surface area (Å²) in [4.78, 5) is 10.6. The Morgan fingerprint density at radius 2 is 2.25 bits per heavy atom. The first-order valence-electron chi connectivity index (χ1n) is 4.92. The molecule has 1 rings (SSSR count). The van der Waals surface area contributed by atoms with Gasteiger partial charge in [-0.1, -0.05) is 6.92 Å². The third-order valence-electron chi connectivity index (χ3n) is 2.17. The highest BCUT2D eigenvalue weighted by molar-refractivity contribution is 5.88. The molecule has 0 spiro atoms. The number of hydrogen-bond donors (Lipinski definition) is 3. The SMILES string of the molecule is CC(CO)CNc1ccc(C(=O)O)c(F)c1. The number of carboxylic acid groups (broad SMARTS) is 1. The lowest BCUT2D eigenvalue weighted by Gasteiger charge is -2.11. The second kappa shape index (κ2) is 5.46. The van der Waals surface area contributed by atoms with Crippen LogP contribution in [0.15, 0.2) is 18.2 Å². The molecule has 0 amide bonds. The van der Waals surface area contributed by atoms with Gasteiger partial charge in [0.15, 0.2) is 0 Å². The predicted octanol–water partition coefficient (Wildman–Crippen LogP) is 1.56. The molecule has 1 unspecified atom stereocenters. The number of aromatic carboxylic acids is 1. The van der Waals surface area contributed by atoms with Crippen LogP contribution < -0.4 is 5.32 Å². The molecule has 1 aromatic rings. The van der Waals surface area contributed by atoms with E-state index in [0.29, 0.717) is 12.2 Å². The first-order valence-corrected chi connectivity index (χ1v) is 4.92. The summed E-state index contributed by atoms with van der Waals surface area (Å²) in [5.41, 5.74) is 0.156. The van der Waals surface area contributed by atoms with Crippen molar-refractivity contribution < 1.29 is 19.4 Å². The number of carboxylic acids is 1. The van der Waals surface area contributed by atoms with Crippen LogP contribution in [0.3, 0.4) is 0 Å². The van der Waals surface area contributed by atoms with E-state index in [1.54, 1.807) is 0 Å². The van der Waals surface area contributed by atoms with E-state index in [-0.39, 0.29) is 18.1 Å². The monoisotopic (exact) mass is 227 g/mol. The van der Waals surface area contributed by atoms with Gasteiger partial charge in [-0.2, -0.15) is 0 Å². The molecule has 16 heavy (non-hydrogen) atoms. The molecule has 0 saturated carbocycles. The molecule has 1 aromatic carbocycles. The lowest BCUT2D eigenvalue weighted by atomic mass is 10.1. The molecule has 4 nitrogen and oxygen atoms in total. The first-order chi connectivity index (χ1) is 7.54. The van der Waals surface area contributed by atoms with Crippen molar-refractivity contribution in [3.05, 3.63) is 29.6 Å². The van der Waals surface area contributed by atoms with E-state index in [1.807, 2.05) is 6.92 Å². The maximum atomic E-state index is 13.2. The average Bonchev–Trinajstić information content (AvgIpc) is 2.25. The van der Waals surface area contributed by atoms with Gasteiger partial charge in [0.2, 0.25) is 0 Å². The molecule has 5 heteroatoms. The van der Waals surface area contributed by atoms with Crippen LogP contribution in [-0.4, -0.2) is 29.3 Å². The van der Waals surface area contributed by atoms with E-state index in [4.69, 9.17) is 10.2 Å². The molecule has 0 heterocycles. The molecule has 0 aliphatic carbocycles. The van der Waals surface area contributed by atoms with Gasteiger partial charge in [-0.25, -0.2) is 9.18 Å². The molecule has 0 saturated heterocycles. The normalized spacial score (nSPS) is 12.2. The van der Waals surface area contributed by atoms with Crippen molar-refractivity contribution in [1.29, 1.82) is 0 Å². The molecule has 0 aliphatic rings. The van der Waals surface area contributed by atoms with Gasteiger partial charge in [0.25, 0.3) is 0 Å². The van der Waals surface area contributed by atoms with Crippen molar-refractivity contribution in [1.82, 2.24) is 0 Å². The Hall–Kier alpha value is -1.62. The summed E-state index contributed by atoms with van der Waals surface area (Å²) in [5, 5.41) is 20.3. The number of nitrogens with one attached hydrogen (secondary N) is 1. The first kappa shape index (κ1) is 12.4. The van der Waals surface area contributed by atoms with Gasteiger partial charge in [-0.05, 0) is 24.1 Å². The number of carbonyl (C=O) groups is 1. The fourth-order valence-electron chi connectivity index (χ4n) is 1.16. The van der Waals surface area contributed by atoms with Crippen molar-refractivity contribution in [3.63, 3.8) is 0 Å². The van der Waals surface area contributed by atoms with Crippen molar-refractivity contribution in [2.45, 2.75) is 6.92 Å². The van der Waals surface area contributed by atoms with Crippen LogP contribution in [0.25, 0.3) is 0 Å². The summed E-state index contributed by atoms with van der Waals surface area (Å²) >= 11 is 0. The van der Waals surface area contributed by atoms with Crippen LogP contribution in [0.1, 0.15) is 17.3 Å². The number of rotatable bonds is 5. The van der Waals surface area contributed by atoms with E-state index < -0.39 is 11.8 Å². The van der Waals surface area contributed by atoms with Crippen LogP contribution >= 0.6 is 0 Å². The molecular weight excluding hydrogens is 213 g/mol. The summed E-state index contributed by atoms with van der Waals surface area (Å²) in [6.07, 6.45) is 0. The van der Waals surface area contributed by atoms with E-state index in [1.165, 1.54) is 12.1 Å². The summed E-state index contributed by atoms with van der Waals surface area (Å²) in [6.45, 7) is 2.39. The Morgan fingerprint density at radius 1 is 1.56 bits per heavy atom. The van der Waals surface area contributed by atoms with Gasteiger partial charge in [-0.15, -0.1) is 0 Å². The molecule has 0 fully saturated rings. The van der Waals surface area contributed by atoms with E-state index in [9.17, 15) is 9.18 Å². The molecule has 3 N–H and O–H groups in total. The lowest BCUT2D eigenvalue weighted by molar-refractivity contribution is 0.0692. The number of benzene rings is 1. The zero-order valence-corrected chi connectivity index (χ0v) is 8.90. The molecule has 0 aliphatic heterocycles. The van der Waals surface area contributed by atoms with Crippen molar-refractivity contribution in [3.8, 4) is 0 Å². The number of aliphatic hydroxyl groups excluding tert-OH is 1. The van der Waals surface area contributed by atoms with E-state index >= 15 is 0 Å². The number of anilines is 1. The zero-order valence-electron chi connectivity index (χ0n) is 8.90. The Bertz CT molecular complexity index is 381. The smallest absolute Gasteiger partial charge is 0.338 e. The Kier molecular flexibility index (Phi) is 4.25. The highest BCUT2D eigenvalue weighted by Gasteiger charge is 2.10. The summed E-state index contributed by atoms with van der Waals surface area (Å²) in [7, 11) is 0. The quantitative estimate of drug-likeness (QED) is 0.714. The fraction of sp³-hybridized carbons (Fsp3) is 0.364. The van der Waals surface area contributed by atoms with Gasteiger partial charge in [0, 0.05) is 18.8 Å². The van der Waals surface area contributed by atoms with Crippen molar-refractivity contribution in [2.75, 3.05) is 18.5 Å². The predicted molar refractivity (Wildman–Crippen MR) is 58.1 cm³/mol. The summed E-state index contributed by atoms with van der Waals surface area (Å²) in [6, 6.07) is 3.84. The molecule has 0 aromatic heterocycles. The van der Waals surface area contributed by atoms with Gasteiger partial charge in [0.05, 0.1) is 5.56 Å². The van der Waals surface area contributed by atoms with Crippen LogP contribution in [0.5, 0.6) is 0 Å². The van der Waals surface area contributed by atoms with E-state index in [2.05, 4.69) is 5.32 Å². The second-order valence-electron chi connectivity index (χ2n) is 3.67. The Morgan fingerprint density at radius 3 is 2.75 bits per heavy atom. The average molecular weight is 227 g/mol. The molecule has 88 valence electrons. The van der Waals surface area contributed by atoms with Crippen LogP contribution in [-0.2, 0) is 0 Å². The number of aliphatic hydroxyl groups is 1. The highest BCUT2D eigenvalue weighted by atomic mass is 19.1. The number of hydrogen-bond acceptors (Lipinski definition) is 3. The summed E-state index contributed by atoms with van der Waals surface area (Å²) < 4.78 is 13.2. The summed E-state index contributed by atoms with van der Waals surface area (Å²) in [5.74, 6) is -2.00. The van der Waals surface area contributed by atoms with Crippen LogP contribution in [0.2, 0.25) is 0 Å². The zero-order chi connectivity index (χ0) is 12.1. The van der Waals surface area contributed by atoms with Crippen molar-refractivity contribution >= 4 is 11.7 Å². The van der Waals surface area contributed by atoms with Gasteiger partial charge < -0.3 is 15.5 Å². The number of halogens is 1. The molecule has 1 atom stereocenters. The van der Waals surface area contributed by atoms with Crippen molar-refractivity contribution in [2.24, 2.45) is 5.92 Å². The molecular formula is C11H14FNO3. The maximum absolute atomic E-state index is 13.2. The standard InChI is InChI=1S/C11H14FNO3/c1-7(6-14)5-13-8-2-3-9(11(15)16)10(12)4-8/h2-4,7,13-14H,5-6H2,1H3,(H,15,16). The van der Waals surface area contributed by atoms with Crippen LogP contribution in [0, 0.1) is 11.7 Å². The minimum Gasteiger partial charge on any atom is -0.478 e. The maximum Gasteiger partial charge on any atom is 0.338 e. The van der Waals surface area contributed by atoms with Gasteiger partial charge in [0.1, 0.15) is 5.82 Å². The van der Waals surface area contributed by atoms with Gasteiger partial charge in [-0.3, -0.25) is 0 Å². The van der Waals surface area contributed by atoms with E-state index in [0.717, 1.165) is 6.07 Å². The fourth-order valence-corrected chi connectivity index (χ4v) is 1.16. The highest BCUT2D eigenvalue weighted by Crippen LogP contribution is 2.14. The second-order valence-corrected chi connectivity index (χ2v) is 3.67. The Labute approximate surface area is 92.7 Å². The Balaban J connectivity index is 2.70. The lowest BCUT2D eigenvalue weighted by Crippen LogP contribution is -2.14. The minimum absolute atomic E-state index is 0.0443. The minimum atomic E-state index is -1.28. The molecule has 0 radical (unpaired) electrons. The topological polar surface area (TPSA) is 69.6 Å². The van der Waals surface area contributed by atoms with Gasteiger partial charge >= 0.3 is 5.97 Å². The van der Waals surface area contributed by atoms with Crippen LogP contribution in [0.4, 0.5) is 10.1 Å². The largest absolute Gasteiger partial charge is 0.478 e. The third-order valence-corrected chi connectivity index (χ3v) is 2.17. The third kappa shape index (κ3) is 3.20. The molecule has 0 bridgehead atoms.